The predicted molar refractivity (Wildman–Crippen MR) is 53.7 cm³/mol. The van der Waals surface area contributed by atoms with Crippen molar-refractivity contribution in [2.75, 3.05) is 0 Å². The zero-order valence-corrected chi connectivity index (χ0v) is 7.99. The van der Waals surface area contributed by atoms with E-state index in [0.29, 0.717) is 0 Å². The van der Waals surface area contributed by atoms with E-state index in [0.717, 1.165) is 16.4 Å². The SMILES string of the molecule is Cn1ccnc1-c1ccc(Cl)cc1. The minimum atomic E-state index is 0.748. The van der Waals surface area contributed by atoms with Crippen LogP contribution in [0.25, 0.3) is 11.4 Å². The third-order valence-corrected chi connectivity index (χ3v) is 2.18. The Labute approximate surface area is 81.8 Å². The molecule has 0 aliphatic rings. The summed E-state index contributed by atoms with van der Waals surface area (Å²) in [5.74, 6) is 0.955. The van der Waals surface area contributed by atoms with E-state index in [4.69, 9.17) is 11.6 Å². The topological polar surface area (TPSA) is 17.8 Å². The summed E-state index contributed by atoms with van der Waals surface area (Å²) < 4.78 is 1.98. The van der Waals surface area contributed by atoms with Crippen LogP contribution < -0.4 is 0 Å². The highest BCUT2D eigenvalue weighted by Crippen LogP contribution is 2.18. The van der Waals surface area contributed by atoms with Gasteiger partial charge in [0.05, 0.1) is 0 Å². The maximum absolute atomic E-state index is 5.79. The molecule has 2 rings (SSSR count). The van der Waals surface area contributed by atoms with E-state index >= 15 is 0 Å². The van der Waals surface area contributed by atoms with Crippen LogP contribution in [0.15, 0.2) is 36.7 Å². The highest BCUT2D eigenvalue weighted by Gasteiger charge is 2.01. The van der Waals surface area contributed by atoms with Crippen molar-refractivity contribution in [3.8, 4) is 11.4 Å². The molecule has 0 fully saturated rings. The lowest BCUT2D eigenvalue weighted by Gasteiger charge is -2.00. The maximum Gasteiger partial charge on any atom is 0.139 e. The largest absolute Gasteiger partial charge is 0.334 e. The number of benzene rings is 1. The summed E-state index contributed by atoms with van der Waals surface area (Å²) in [5.41, 5.74) is 1.08. The molecule has 2 nitrogen and oxygen atoms in total. The Morgan fingerprint density at radius 1 is 1.23 bits per heavy atom. The van der Waals surface area contributed by atoms with Crippen LogP contribution in [0.3, 0.4) is 0 Å². The molecule has 0 unspecified atom stereocenters. The molecule has 1 aromatic carbocycles. The lowest BCUT2D eigenvalue weighted by Crippen LogP contribution is -1.90. The van der Waals surface area contributed by atoms with E-state index in [9.17, 15) is 0 Å². The molecule has 0 aliphatic carbocycles. The van der Waals surface area contributed by atoms with E-state index in [2.05, 4.69) is 4.98 Å². The first kappa shape index (κ1) is 8.32. The summed E-state index contributed by atoms with van der Waals surface area (Å²) in [5, 5.41) is 0.748. The van der Waals surface area contributed by atoms with E-state index in [1.807, 2.05) is 42.1 Å². The van der Waals surface area contributed by atoms with Crippen molar-refractivity contribution in [2.45, 2.75) is 0 Å². The second kappa shape index (κ2) is 3.23. The molecule has 3 heteroatoms. The number of aryl methyl sites for hydroxylation is 1. The average Bonchev–Trinajstić information content (AvgIpc) is 2.53. The predicted octanol–water partition coefficient (Wildman–Crippen LogP) is 2.74. The molecule has 0 N–H and O–H groups in total. The van der Waals surface area contributed by atoms with Crippen molar-refractivity contribution in [2.24, 2.45) is 7.05 Å². The van der Waals surface area contributed by atoms with Gasteiger partial charge in [-0.1, -0.05) is 11.6 Å². The first-order chi connectivity index (χ1) is 6.27. The maximum atomic E-state index is 5.79. The van der Waals surface area contributed by atoms with Gasteiger partial charge in [-0.3, -0.25) is 0 Å². The summed E-state index contributed by atoms with van der Waals surface area (Å²) in [4.78, 5) is 4.24. The number of halogens is 1. The number of aromatic nitrogens is 2. The number of rotatable bonds is 1. The van der Waals surface area contributed by atoms with Gasteiger partial charge in [0, 0.05) is 30.0 Å². The van der Waals surface area contributed by atoms with Gasteiger partial charge in [-0.25, -0.2) is 4.98 Å². The van der Waals surface area contributed by atoms with Gasteiger partial charge in [-0.2, -0.15) is 0 Å². The van der Waals surface area contributed by atoms with E-state index < -0.39 is 0 Å². The van der Waals surface area contributed by atoms with Gasteiger partial charge in [0.1, 0.15) is 5.82 Å². The van der Waals surface area contributed by atoms with E-state index in [-0.39, 0.29) is 0 Å². The summed E-state index contributed by atoms with van der Waals surface area (Å²) in [6.45, 7) is 0. The fourth-order valence-corrected chi connectivity index (χ4v) is 1.37. The van der Waals surface area contributed by atoms with Gasteiger partial charge >= 0.3 is 0 Å². The van der Waals surface area contributed by atoms with Crippen LogP contribution in [-0.4, -0.2) is 9.55 Å². The fourth-order valence-electron chi connectivity index (χ4n) is 1.24. The number of hydrogen-bond donors (Lipinski definition) is 0. The van der Waals surface area contributed by atoms with Crippen molar-refractivity contribution in [1.82, 2.24) is 9.55 Å². The van der Waals surface area contributed by atoms with Gasteiger partial charge in [-0.05, 0) is 24.3 Å². The Hall–Kier alpha value is -1.28. The van der Waals surface area contributed by atoms with Gasteiger partial charge in [-0.15, -0.1) is 0 Å². The minimum absolute atomic E-state index is 0.748. The average molecular weight is 193 g/mol. The monoisotopic (exact) mass is 192 g/mol. The minimum Gasteiger partial charge on any atom is -0.334 e. The summed E-state index contributed by atoms with van der Waals surface area (Å²) in [6.07, 6.45) is 3.70. The smallest absolute Gasteiger partial charge is 0.139 e. The van der Waals surface area contributed by atoms with Crippen molar-refractivity contribution >= 4 is 11.6 Å². The van der Waals surface area contributed by atoms with Gasteiger partial charge in [0.25, 0.3) is 0 Å². The van der Waals surface area contributed by atoms with Crippen LogP contribution in [0, 0.1) is 0 Å². The number of nitrogens with zero attached hydrogens (tertiary/aromatic N) is 2. The van der Waals surface area contributed by atoms with Gasteiger partial charge < -0.3 is 4.57 Å². The number of imidazole rings is 1. The molecule has 0 saturated carbocycles. The number of hydrogen-bond acceptors (Lipinski definition) is 1. The first-order valence-corrected chi connectivity index (χ1v) is 4.38. The standard InChI is InChI=1S/C10H9ClN2/c1-13-7-6-12-10(13)8-2-4-9(11)5-3-8/h2-7H,1H3. The van der Waals surface area contributed by atoms with Crippen LogP contribution in [0.4, 0.5) is 0 Å². The zero-order valence-electron chi connectivity index (χ0n) is 7.24. The van der Waals surface area contributed by atoms with Gasteiger partial charge in [0.2, 0.25) is 0 Å². The van der Waals surface area contributed by atoms with E-state index in [1.54, 1.807) is 6.20 Å². The third kappa shape index (κ3) is 1.58. The molecule has 0 aliphatic heterocycles. The normalized spacial score (nSPS) is 10.3. The zero-order chi connectivity index (χ0) is 9.26. The molecule has 0 amide bonds. The van der Waals surface area contributed by atoms with Crippen LogP contribution in [0.5, 0.6) is 0 Å². The molecule has 0 atom stereocenters. The van der Waals surface area contributed by atoms with Crippen LogP contribution >= 0.6 is 11.6 Å². The van der Waals surface area contributed by atoms with Crippen LogP contribution in [0.2, 0.25) is 5.02 Å². The molecule has 66 valence electrons. The molecular weight excluding hydrogens is 184 g/mol. The molecular formula is C10H9ClN2. The van der Waals surface area contributed by atoms with Crippen molar-refractivity contribution < 1.29 is 0 Å². The second-order valence-corrected chi connectivity index (χ2v) is 3.31. The highest BCUT2D eigenvalue weighted by molar-refractivity contribution is 6.30. The van der Waals surface area contributed by atoms with E-state index in [1.165, 1.54) is 0 Å². The molecule has 13 heavy (non-hydrogen) atoms. The van der Waals surface area contributed by atoms with Crippen molar-refractivity contribution in [3.63, 3.8) is 0 Å². The second-order valence-electron chi connectivity index (χ2n) is 2.87. The Balaban J connectivity index is 2.47. The van der Waals surface area contributed by atoms with Crippen LogP contribution in [-0.2, 0) is 7.05 Å². The summed E-state index contributed by atoms with van der Waals surface area (Å²) >= 11 is 5.79. The lowest BCUT2D eigenvalue weighted by atomic mass is 10.2. The third-order valence-electron chi connectivity index (χ3n) is 1.92. The summed E-state index contributed by atoms with van der Waals surface area (Å²) in [6, 6.07) is 7.66. The fraction of sp³-hybridized carbons (Fsp3) is 0.100. The van der Waals surface area contributed by atoms with Crippen molar-refractivity contribution in [3.05, 3.63) is 41.7 Å². The van der Waals surface area contributed by atoms with Crippen LogP contribution in [0.1, 0.15) is 0 Å². The summed E-state index contributed by atoms with van der Waals surface area (Å²) in [7, 11) is 1.97. The first-order valence-electron chi connectivity index (χ1n) is 4.00. The Bertz CT molecular complexity index is 403. The molecule has 0 spiro atoms. The Morgan fingerprint density at radius 2 is 1.92 bits per heavy atom. The molecule has 1 heterocycles. The molecule has 2 aromatic rings. The molecule has 1 aromatic heterocycles. The Morgan fingerprint density at radius 3 is 2.46 bits per heavy atom. The quantitative estimate of drug-likeness (QED) is 0.680. The highest BCUT2D eigenvalue weighted by atomic mass is 35.5. The molecule has 0 radical (unpaired) electrons. The molecule has 0 saturated heterocycles. The molecule has 0 bridgehead atoms. The van der Waals surface area contributed by atoms with Gasteiger partial charge in [0.15, 0.2) is 0 Å². The Kier molecular flexibility index (Phi) is 2.07. The van der Waals surface area contributed by atoms with Crippen molar-refractivity contribution in [1.29, 1.82) is 0 Å². The lowest BCUT2D eigenvalue weighted by molar-refractivity contribution is 0.925.